The summed E-state index contributed by atoms with van der Waals surface area (Å²) in [6, 6.07) is 10.9. The second kappa shape index (κ2) is 8.81. The van der Waals surface area contributed by atoms with Gasteiger partial charge in [-0.2, -0.15) is 0 Å². The third-order valence-corrected chi connectivity index (χ3v) is 4.04. The molecule has 0 saturated heterocycles. The molecule has 30 heavy (non-hydrogen) atoms. The average molecular weight is 417 g/mol. The van der Waals surface area contributed by atoms with Crippen LogP contribution in [0.25, 0.3) is 23.2 Å². The molecule has 0 aliphatic rings. The van der Waals surface area contributed by atoms with E-state index in [-0.39, 0.29) is 5.75 Å². The third-order valence-electron chi connectivity index (χ3n) is 4.04. The van der Waals surface area contributed by atoms with Gasteiger partial charge in [-0.25, -0.2) is 14.5 Å². The molecule has 2 aromatic carbocycles. The molecule has 0 aliphatic heterocycles. The molecule has 0 spiro atoms. The Morgan fingerprint density at radius 1 is 1.17 bits per heavy atom. The van der Waals surface area contributed by atoms with Crippen LogP contribution in [0.2, 0.25) is 0 Å². The van der Waals surface area contributed by atoms with Crippen molar-refractivity contribution in [2.45, 2.75) is 20.2 Å². The van der Waals surface area contributed by atoms with E-state index in [4.69, 9.17) is 4.74 Å². The van der Waals surface area contributed by atoms with Crippen molar-refractivity contribution in [2.75, 3.05) is 6.61 Å². The first-order valence-electron chi connectivity index (χ1n) is 8.99. The number of nitrogens with zero attached hydrogens (tertiary/aromatic N) is 3. The standard InChI is InChI=1S/C21H18F3N3O3/c1-3-29-19(28)11-6-15-4-5-16(12-14(15)2)20-25-13-27(26-20)17-7-9-18(10-8-17)30-21(22,23)24/h4-13H,3H2,1-2H3/b11-6+. The van der Waals surface area contributed by atoms with Gasteiger partial charge in [0.25, 0.3) is 0 Å². The Balaban J connectivity index is 1.76. The fourth-order valence-corrected chi connectivity index (χ4v) is 2.67. The van der Waals surface area contributed by atoms with Crippen LogP contribution < -0.4 is 4.74 Å². The number of hydrogen-bond acceptors (Lipinski definition) is 5. The number of rotatable bonds is 6. The Hall–Kier alpha value is -3.62. The molecule has 0 aliphatic carbocycles. The molecule has 6 nitrogen and oxygen atoms in total. The van der Waals surface area contributed by atoms with E-state index in [9.17, 15) is 18.0 Å². The van der Waals surface area contributed by atoms with Crippen LogP contribution in [-0.4, -0.2) is 33.7 Å². The van der Waals surface area contributed by atoms with Crippen molar-refractivity contribution in [3.63, 3.8) is 0 Å². The Kier molecular flexibility index (Phi) is 6.20. The highest BCUT2D eigenvalue weighted by molar-refractivity contribution is 5.87. The quantitative estimate of drug-likeness (QED) is 0.429. The van der Waals surface area contributed by atoms with E-state index in [1.807, 2.05) is 25.1 Å². The molecule has 1 heterocycles. The van der Waals surface area contributed by atoms with Gasteiger partial charge in [0.05, 0.1) is 12.3 Å². The molecule has 0 saturated carbocycles. The minimum atomic E-state index is -4.74. The van der Waals surface area contributed by atoms with Crippen LogP contribution in [0, 0.1) is 6.92 Å². The van der Waals surface area contributed by atoms with Crippen LogP contribution in [0.3, 0.4) is 0 Å². The highest BCUT2D eigenvalue weighted by Gasteiger charge is 2.31. The van der Waals surface area contributed by atoms with Crippen molar-refractivity contribution in [3.05, 3.63) is 66.0 Å². The Morgan fingerprint density at radius 3 is 2.53 bits per heavy atom. The van der Waals surface area contributed by atoms with Crippen molar-refractivity contribution in [1.82, 2.24) is 14.8 Å². The van der Waals surface area contributed by atoms with Gasteiger partial charge in [0.2, 0.25) is 0 Å². The van der Waals surface area contributed by atoms with E-state index in [0.717, 1.165) is 16.7 Å². The summed E-state index contributed by atoms with van der Waals surface area (Å²) in [6.07, 6.45) is -0.228. The summed E-state index contributed by atoms with van der Waals surface area (Å²) in [5.74, 6) is -0.267. The first-order valence-corrected chi connectivity index (χ1v) is 8.99. The van der Waals surface area contributed by atoms with E-state index >= 15 is 0 Å². The number of alkyl halides is 3. The molecule has 9 heteroatoms. The maximum atomic E-state index is 12.3. The molecule has 0 atom stereocenters. The first-order chi connectivity index (χ1) is 14.2. The molecular formula is C21H18F3N3O3. The Bertz CT molecular complexity index is 1060. The molecule has 0 amide bonds. The molecule has 0 fully saturated rings. The molecule has 0 unspecified atom stereocenters. The number of halogens is 3. The number of ether oxygens (including phenoxy) is 2. The smallest absolute Gasteiger partial charge is 0.463 e. The van der Waals surface area contributed by atoms with Crippen LogP contribution in [0.5, 0.6) is 5.75 Å². The SMILES string of the molecule is CCOC(=O)/C=C/c1ccc(-c2ncn(-c3ccc(OC(F)(F)F)cc3)n2)cc1C. The number of aryl methyl sites for hydroxylation is 1. The van der Waals surface area contributed by atoms with Crippen molar-refractivity contribution in [2.24, 2.45) is 0 Å². The maximum Gasteiger partial charge on any atom is 0.573 e. The van der Waals surface area contributed by atoms with Gasteiger partial charge in [0, 0.05) is 11.6 Å². The van der Waals surface area contributed by atoms with E-state index < -0.39 is 12.3 Å². The molecule has 0 N–H and O–H groups in total. The van der Waals surface area contributed by atoms with Crippen LogP contribution >= 0.6 is 0 Å². The monoisotopic (exact) mass is 417 g/mol. The zero-order chi connectivity index (χ0) is 21.7. The van der Waals surface area contributed by atoms with Crippen LogP contribution in [0.1, 0.15) is 18.1 Å². The highest BCUT2D eigenvalue weighted by Crippen LogP contribution is 2.24. The maximum absolute atomic E-state index is 12.3. The normalized spacial score (nSPS) is 11.6. The lowest BCUT2D eigenvalue weighted by molar-refractivity contribution is -0.274. The lowest BCUT2D eigenvalue weighted by atomic mass is 10.0. The van der Waals surface area contributed by atoms with Crippen molar-refractivity contribution >= 4 is 12.0 Å². The number of esters is 1. The van der Waals surface area contributed by atoms with E-state index in [1.54, 1.807) is 13.0 Å². The van der Waals surface area contributed by atoms with Gasteiger partial charge in [-0.05, 0) is 61.4 Å². The Morgan fingerprint density at radius 2 is 1.90 bits per heavy atom. The largest absolute Gasteiger partial charge is 0.573 e. The summed E-state index contributed by atoms with van der Waals surface area (Å²) in [4.78, 5) is 15.7. The zero-order valence-corrected chi connectivity index (χ0v) is 16.2. The van der Waals surface area contributed by atoms with Gasteiger partial charge in [-0.3, -0.25) is 0 Å². The van der Waals surface area contributed by atoms with Crippen LogP contribution in [0.4, 0.5) is 13.2 Å². The first kappa shape index (κ1) is 21.1. The van der Waals surface area contributed by atoms with Gasteiger partial charge in [-0.15, -0.1) is 18.3 Å². The number of aromatic nitrogens is 3. The Labute approximate surface area is 170 Å². The lowest BCUT2D eigenvalue weighted by Crippen LogP contribution is -2.17. The minimum absolute atomic E-state index is 0.311. The number of benzene rings is 2. The van der Waals surface area contributed by atoms with E-state index in [2.05, 4.69) is 14.8 Å². The predicted molar refractivity (Wildman–Crippen MR) is 104 cm³/mol. The van der Waals surface area contributed by atoms with Crippen LogP contribution in [-0.2, 0) is 9.53 Å². The molecule has 3 aromatic rings. The number of carbonyl (C=O) groups is 1. The van der Waals surface area contributed by atoms with Gasteiger partial charge < -0.3 is 9.47 Å². The molecule has 156 valence electrons. The second-order valence-corrected chi connectivity index (χ2v) is 6.21. The summed E-state index contributed by atoms with van der Waals surface area (Å²) >= 11 is 0. The minimum Gasteiger partial charge on any atom is -0.463 e. The molecular weight excluding hydrogens is 399 g/mol. The molecule has 0 radical (unpaired) electrons. The van der Waals surface area contributed by atoms with E-state index in [0.29, 0.717) is 18.1 Å². The van der Waals surface area contributed by atoms with Crippen LogP contribution in [0.15, 0.2) is 54.9 Å². The summed E-state index contributed by atoms with van der Waals surface area (Å²) < 4.78 is 47.0. The molecule has 1 aromatic heterocycles. The van der Waals surface area contributed by atoms with E-state index in [1.165, 1.54) is 41.4 Å². The van der Waals surface area contributed by atoms with Gasteiger partial charge in [-0.1, -0.05) is 12.1 Å². The summed E-state index contributed by atoms with van der Waals surface area (Å²) in [7, 11) is 0. The fraction of sp³-hybridized carbons (Fsp3) is 0.190. The highest BCUT2D eigenvalue weighted by atomic mass is 19.4. The average Bonchev–Trinajstić information content (AvgIpc) is 3.17. The molecule has 0 bridgehead atoms. The summed E-state index contributed by atoms with van der Waals surface area (Å²) in [5, 5.41) is 4.37. The summed E-state index contributed by atoms with van der Waals surface area (Å²) in [5.41, 5.74) is 3.06. The van der Waals surface area contributed by atoms with Crippen molar-refractivity contribution in [1.29, 1.82) is 0 Å². The topological polar surface area (TPSA) is 66.2 Å². The third kappa shape index (κ3) is 5.47. The predicted octanol–water partition coefficient (Wildman–Crippen LogP) is 4.72. The van der Waals surface area contributed by atoms with Gasteiger partial charge in [0.1, 0.15) is 12.1 Å². The van der Waals surface area contributed by atoms with Gasteiger partial charge in [0.15, 0.2) is 5.82 Å². The van der Waals surface area contributed by atoms with Gasteiger partial charge >= 0.3 is 12.3 Å². The van der Waals surface area contributed by atoms with Crippen molar-refractivity contribution < 1.29 is 27.4 Å². The lowest BCUT2D eigenvalue weighted by Gasteiger charge is -2.09. The second-order valence-electron chi connectivity index (χ2n) is 6.21. The zero-order valence-electron chi connectivity index (χ0n) is 16.2. The number of hydrogen-bond donors (Lipinski definition) is 0. The molecule has 3 rings (SSSR count). The fourth-order valence-electron chi connectivity index (χ4n) is 2.67. The summed E-state index contributed by atoms with van der Waals surface area (Å²) in [6.45, 7) is 3.95. The number of carbonyl (C=O) groups excluding carboxylic acids is 1. The van der Waals surface area contributed by atoms with Crippen molar-refractivity contribution in [3.8, 4) is 22.8 Å².